The van der Waals surface area contributed by atoms with Crippen molar-refractivity contribution in [3.05, 3.63) is 60.9 Å². The molecule has 2 heterocycles. The van der Waals surface area contributed by atoms with Gasteiger partial charge in [0.15, 0.2) is 5.78 Å². The number of H-pyrrole nitrogens is 1. The lowest BCUT2D eigenvalue weighted by molar-refractivity contribution is -0.137. The zero-order valence-electron chi connectivity index (χ0n) is 29.1. The van der Waals surface area contributed by atoms with Crippen molar-refractivity contribution in [2.45, 2.75) is 82.2 Å². The number of aromatic nitrogens is 5. The molecule has 0 radical (unpaired) electrons. The Morgan fingerprint density at radius 1 is 1.12 bits per heavy atom. The van der Waals surface area contributed by atoms with Crippen LogP contribution in [-0.2, 0) is 24.4 Å². The summed E-state index contributed by atoms with van der Waals surface area (Å²) < 4.78 is 32.9. The maximum atomic E-state index is 14.6. The van der Waals surface area contributed by atoms with Crippen LogP contribution >= 0.6 is 0 Å². The summed E-state index contributed by atoms with van der Waals surface area (Å²) in [6.45, 7) is 9.25. The minimum absolute atomic E-state index is 0.131. The molecule has 6 atom stereocenters. The van der Waals surface area contributed by atoms with Crippen molar-refractivity contribution in [3.8, 4) is 17.1 Å². The van der Waals surface area contributed by atoms with Gasteiger partial charge in [0.25, 0.3) is 11.8 Å². The average Bonchev–Trinajstić information content (AvgIpc) is 3.81. The van der Waals surface area contributed by atoms with Gasteiger partial charge in [-0.1, -0.05) is 26.8 Å². The molecule has 3 amide bonds. The molecule has 3 aliphatic carbocycles. The van der Waals surface area contributed by atoms with Crippen LogP contribution in [0.4, 0.5) is 0 Å². The molecule has 0 saturated heterocycles. The summed E-state index contributed by atoms with van der Waals surface area (Å²) in [5.41, 5.74) is -1.24. The minimum Gasteiger partial charge on any atom is -0.497 e. The number of hydrogen-bond acceptors (Lipinski definition) is 10. The Labute approximate surface area is 296 Å². The summed E-state index contributed by atoms with van der Waals surface area (Å²) in [5, 5.41) is 18.2. The van der Waals surface area contributed by atoms with Gasteiger partial charge in [0.1, 0.15) is 17.0 Å². The van der Waals surface area contributed by atoms with E-state index in [1.165, 1.54) is 4.80 Å². The number of sulfonamides is 1. The summed E-state index contributed by atoms with van der Waals surface area (Å²) in [6.07, 6.45) is 5.05. The molecule has 0 aliphatic heterocycles. The van der Waals surface area contributed by atoms with Gasteiger partial charge in [-0.3, -0.25) is 23.9 Å². The fourth-order valence-corrected chi connectivity index (χ4v) is 8.31. The lowest BCUT2D eigenvalue weighted by atomic mass is 9.77. The molecule has 2 aromatic heterocycles. The second-order valence-corrected chi connectivity index (χ2v) is 16.8. The molecule has 1 aromatic carbocycles. The molecule has 6 rings (SSSR count). The minimum atomic E-state index is -3.88. The quantitative estimate of drug-likeness (QED) is 0.179. The third-order valence-electron chi connectivity index (χ3n) is 10.1. The van der Waals surface area contributed by atoms with Gasteiger partial charge in [0, 0.05) is 23.6 Å². The third kappa shape index (κ3) is 7.46. The van der Waals surface area contributed by atoms with E-state index in [0.29, 0.717) is 36.4 Å². The molecular formula is C35H44N8O7S. The lowest BCUT2D eigenvalue weighted by Crippen LogP contribution is -2.56. The fourth-order valence-electron chi connectivity index (χ4n) is 6.95. The van der Waals surface area contributed by atoms with Crippen molar-refractivity contribution < 1.29 is 32.3 Å². The first-order chi connectivity index (χ1) is 24.2. The maximum absolute atomic E-state index is 14.6. The highest BCUT2D eigenvalue weighted by Gasteiger charge is 2.62. The largest absolute Gasteiger partial charge is 0.497 e. The summed E-state index contributed by atoms with van der Waals surface area (Å²) in [7, 11) is -2.32. The van der Waals surface area contributed by atoms with Crippen LogP contribution in [0.1, 0.15) is 75.8 Å². The van der Waals surface area contributed by atoms with Crippen molar-refractivity contribution >= 4 is 33.5 Å². The Morgan fingerprint density at radius 2 is 1.82 bits per heavy atom. The number of carbonyl (C=O) groups is 4. The molecule has 51 heavy (non-hydrogen) atoms. The van der Waals surface area contributed by atoms with Gasteiger partial charge in [0.2, 0.25) is 21.8 Å². The van der Waals surface area contributed by atoms with Gasteiger partial charge in [-0.15, -0.1) is 16.8 Å². The van der Waals surface area contributed by atoms with E-state index < -0.39 is 67.9 Å². The van der Waals surface area contributed by atoms with Gasteiger partial charge in [-0.2, -0.15) is 4.80 Å². The molecule has 16 heteroatoms. The highest BCUT2D eigenvalue weighted by Crippen LogP contribution is 2.49. The van der Waals surface area contributed by atoms with Crippen molar-refractivity contribution in [1.29, 1.82) is 0 Å². The highest BCUT2D eigenvalue weighted by molar-refractivity contribution is 7.91. The molecule has 3 fully saturated rings. The van der Waals surface area contributed by atoms with Gasteiger partial charge < -0.3 is 20.4 Å². The molecule has 4 N–H and O–H groups in total. The van der Waals surface area contributed by atoms with E-state index in [1.54, 1.807) is 55.8 Å². The zero-order chi connectivity index (χ0) is 36.7. The molecule has 2 unspecified atom stereocenters. The topological polar surface area (TPSA) is 207 Å². The van der Waals surface area contributed by atoms with Crippen molar-refractivity contribution in [2.24, 2.45) is 23.2 Å². The first-order valence-electron chi connectivity index (χ1n) is 17.1. The molecule has 15 nitrogen and oxygen atoms in total. The number of ether oxygens (including phenoxy) is 1. The molecule has 272 valence electrons. The molecule has 0 bridgehead atoms. The molecule has 0 spiro atoms. The van der Waals surface area contributed by atoms with Gasteiger partial charge >= 0.3 is 0 Å². The molecule has 3 saturated carbocycles. The number of amides is 3. The van der Waals surface area contributed by atoms with Crippen LogP contribution in [0.2, 0.25) is 0 Å². The standard InChI is InChI=1S/C35H44N8O7S/c1-6-8-21-19-35(21,33(47)41-51(48,49)24-14-15-24)38-31(45)26-18-22(43-40-30(39-42-43)20-10-12-23(50-5)13-11-20)17-25(26)28(44)29(34(2,3)4)37-32(46)27-9-7-16-36-27/h6-7,9-13,16,21-22,24-26,29,36H,1,8,14-15,17-19H2,2-5H3,(H,37,46)(H,38,45)(H,41,47)/t21-,22+,25?,26-,29?,35+/m1/s1. The number of nitrogens with one attached hydrogen (secondary N) is 4. The van der Waals surface area contributed by atoms with Gasteiger partial charge in [0.05, 0.1) is 24.4 Å². The molecular weight excluding hydrogens is 677 g/mol. The summed E-state index contributed by atoms with van der Waals surface area (Å²) in [4.78, 5) is 59.9. The number of aromatic amines is 1. The van der Waals surface area contributed by atoms with E-state index in [9.17, 15) is 27.6 Å². The number of nitrogens with zero attached hydrogens (tertiary/aromatic N) is 4. The van der Waals surface area contributed by atoms with Crippen molar-refractivity contribution in [3.63, 3.8) is 0 Å². The number of ketones is 1. The van der Waals surface area contributed by atoms with E-state index in [0.717, 1.165) is 0 Å². The number of benzene rings is 1. The van der Waals surface area contributed by atoms with E-state index in [-0.39, 0.29) is 36.7 Å². The fraction of sp³-hybridized carbons (Fsp3) is 0.514. The molecule has 3 aromatic rings. The summed E-state index contributed by atoms with van der Waals surface area (Å²) in [6, 6.07) is 8.89. The third-order valence-corrected chi connectivity index (χ3v) is 11.9. The Balaban J connectivity index is 1.29. The number of tetrazole rings is 1. The first kappa shape index (κ1) is 35.9. The number of hydrogen-bond donors (Lipinski definition) is 4. The molecule has 3 aliphatic rings. The number of allylic oxidation sites excluding steroid dienone is 1. The van der Waals surface area contributed by atoms with Crippen molar-refractivity contribution in [1.82, 2.24) is 40.5 Å². The lowest BCUT2D eigenvalue weighted by Gasteiger charge is -2.33. The van der Waals surface area contributed by atoms with E-state index in [1.807, 2.05) is 20.8 Å². The maximum Gasteiger partial charge on any atom is 0.268 e. The van der Waals surface area contributed by atoms with Gasteiger partial charge in [-0.05, 0) is 91.5 Å². The van der Waals surface area contributed by atoms with Gasteiger partial charge in [-0.25, -0.2) is 8.42 Å². The number of Topliss-reactive ketones (excluding diaryl/α,β-unsaturated/α-hetero) is 1. The number of rotatable bonds is 14. The normalized spacial score (nSPS) is 25.0. The van der Waals surface area contributed by atoms with Crippen LogP contribution in [0.5, 0.6) is 5.75 Å². The van der Waals surface area contributed by atoms with Crippen LogP contribution in [0.15, 0.2) is 55.3 Å². The van der Waals surface area contributed by atoms with E-state index in [2.05, 4.69) is 42.3 Å². The smallest absolute Gasteiger partial charge is 0.268 e. The van der Waals surface area contributed by atoms with Crippen molar-refractivity contribution in [2.75, 3.05) is 7.11 Å². The highest BCUT2D eigenvalue weighted by atomic mass is 32.2. The van der Waals surface area contributed by atoms with Crippen LogP contribution in [0, 0.1) is 23.2 Å². The zero-order valence-corrected chi connectivity index (χ0v) is 29.9. The predicted octanol–water partition coefficient (Wildman–Crippen LogP) is 2.72. The van der Waals surface area contributed by atoms with Crippen LogP contribution in [0.25, 0.3) is 11.4 Å². The second kappa shape index (κ2) is 13.7. The number of carbonyl (C=O) groups excluding carboxylic acids is 4. The second-order valence-electron chi connectivity index (χ2n) is 14.8. The van der Waals surface area contributed by atoms with E-state index in [4.69, 9.17) is 4.74 Å². The van der Waals surface area contributed by atoms with Crippen LogP contribution in [0.3, 0.4) is 0 Å². The monoisotopic (exact) mass is 720 g/mol. The Bertz CT molecular complexity index is 1910. The average molecular weight is 721 g/mol. The first-order valence-corrected chi connectivity index (χ1v) is 18.6. The predicted molar refractivity (Wildman–Crippen MR) is 185 cm³/mol. The Kier molecular flexibility index (Phi) is 9.65. The van der Waals surface area contributed by atoms with Crippen LogP contribution in [-0.4, -0.2) is 81.1 Å². The summed E-state index contributed by atoms with van der Waals surface area (Å²) in [5.74, 6) is -3.41. The Hall–Kier alpha value is -4.86. The summed E-state index contributed by atoms with van der Waals surface area (Å²) >= 11 is 0. The van der Waals surface area contributed by atoms with Crippen LogP contribution < -0.4 is 20.1 Å². The SMILES string of the molecule is C=CC[C@@H]1C[C@@]1(NC(=O)[C@@H]1C[C@@H](n2nnc(-c3ccc(OC)cc3)n2)CC1C(=O)C(NC(=O)c1ccc[nH]1)C(C)(C)C)C(=O)NS(=O)(=O)C1CC1. The Morgan fingerprint density at radius 3 is 2.43 bits per heavy atom. The number of methoxy groups -OCH3 is 1. The van der Waals surface area contributed by atoms with E-state index >= 15 is 0 Å².